The molecule has 17 heavy (non-hydrogen) atoms. The normalized spacial score (nSPS) is 10.7. The lowest BCUT2D eigenvalue weighted by molar-refractivity contribution is -0.136. The Morgan fingerprint density at radius 2 is 2.18 bits per heavy atom. The van der Waals surface area contributed by atoms with Gasteiger partial charge in [-0.05, 0) is 28.1 Å². The molecule has 1 heterocycles. The number of aromatic nitrogens is 1. The van der Waals surface area contributed by atoms with E-state index < -0.39 is 5.97 Å². The number of aryl methyl sites for hydroxylation is 1. The number of halogens is 1. The van der Waals surface area contributed by atoms with Gasteiger partial charge in [0.15, 0.2) is 5.43 Å². The highest BCUT2D eigenvalue weighted by atomic mass is 79.9. The van der Waals surface area contributed by atoms with Crippen LogP contribution in [-0.2, 0) is 18.3 Å². The zero-order valence-electron chi connectivity index (χ0n) is 9.11. The van der Waals surface area contributed by atoms with Crippen molar-refractivity contribution < 1.29 is 9.90 Å². The van der Waals surface area contributed by atoms with Crippen LogP contribution in [0, 0.1) is 0 Å². The molecule has 0 fully saturated rings. The van der Waals surface area contributed by atoms with Crippen LogP contribution < -0.4 is 5.43 Å². The Balaban J connectivity index is 2.83. The van der Waals surface area contributed by atoms with Crippen molar-refractivity contribution in [1.29, 1.82) is 0 Å². The predicted octanol–water partition coefficient (Wildman–Crippen LogP) is 1.93. The first-order valence-corrected chi connectivity index (χ1v) is 5.79. The molecule has 2 rings (SSSR count). The maximum Gasteiger partial charge on any atom is 0.309 e. The third-order valence-corrected chi connectivity index (χ3v) is 3.29. The van der Waals surface area contributed by atoms with Gasteiger partial charge in [-0.2, -0.15) is 0 Å². The van der Waals surface area contributed by atoms with Gasteiger partial charge in [-0.1, -0.05) is 6.07 Å². The van der Waals surface area contributed by atoms with Gasteiger partial charge < -0.3 is 9.67 Å². The van der Waals surface area contributed by atoms with Crippen molar-refractivity contribution in [3.8, 4) is 0 Å². The van der Waals surface area contributed by atoms with E-state index in [1.165, 1.54) is 6.07 Å². The number of pyridine rings is 1. The largest absolute Gasteiger partial charge is 0.481 e. The minimum absolute atomic E-state index is 0.157. The number of benzene rings is 1. The second-order valence-corrected chi connectivity index (χ2v) is 4.62. The number of aliphatic carboxylic acids is 1. The van der Waals surface area contributed by atoms with Gasteiger partial charge in [0.05, 0.1) is 11.9 Å². The number of fused-ring (bicyclic) bond motifs is 1. The number of hydrogen-bond donors (Lipinski definition) is 1. The van der Waals surface area contributed by atoms with E-state index in [1.54, 1.807) is 23.7 Å². The lowest BCUT2D eigenvalue weighted by Crippen LogP contribution is -2.15. The predicted molar refractivity (Wildman–Crippen MR) is 68.2 cm³/mol. The highest BCUT2D eigenvalue weighted by Gasteiger charge is 2.11. The summed E-state index contributed by atoms with van der Waals surface area (Å²) in [6.45, 7) is 0. The Labute approximate surface area is 106 Å². The molecule has 0 spiro atoms. The molecule has 1 aromatic carbocycles. The van der Waals surface area contributed by atoms with Crippen LogP contribution >= 0.6 is 15.9 Å². The van der Waals surface area contributed by atoms with Crippen LogP contribution in [0.4, 0.5) is 0 Å². The summed E-state index contributed by atoms with van der Waals surface area (Å²) in [6, 6.07) is 6.72. The summed E-state index contributed by atoms with van der Waals surface area (Å²) >= 11 is 3.38. The molecule has 4 nitrogen and oxygen atoms in total. The molecule has 0 amide bonds. The molecule has 1 aromatic heterocycles. The fraction of sp³-hybridized carbons (Fsp3) is 0.167. The first-order valence-electron chi connectivity index (χ1n) is 4.99. The smallest absolute Gasteiger partial charge is 0.309 e. The SMILES string of the molecule is Cn1c(CC(=O)O)cc(=O)c2cccc(Br)c21. The number of nitrogens with zero attached hydrogens (tertiary/aromatic N) is 1. The van der Waals surface area contributed by atoms with Gasteiger partial charge in [-0.15, -0.1) is 0 Å². The average Bonchev–Trinajstić information content (AvgIpc) is 2.24. The van der Waals surface area contributed by atoms with Gasteiger partial charge in [0.2, 0.25) is 0 Å². The molecule has 2 aromatic rings. The summed E-state index contributed by atoms with van der Waals surface area (Å²) in [5.41, 5.74) is 1.05. The molecule has 0 radical (unpaired) electrons. The van der Waals surface area contributed by atoms with Gasteiger partial charge in [0.1, 0.15) is 0 Å². The van der Waals surface area contributed by atoms with Gasteiger partial charge in [0.25, 0.3) is 0 Å². The van der Waals surface area contributed by atoms with Crippen molar-refractivity contribution in [2.24, 2.45) is 7.05 Å². The molecule has 0 aliphatic heterocycles. The minimum Gasteiger partial charge on any atom is -0.481 e. The molecule has 0 aliphatic carbocycles. The molecule has 88 valence electrons. The van der Waals surface area contributed by atoms with Crippen molar-refractivity contribution in [2.75, 3.05) is 0 Å². The van der Waals surface area contributed by atoms with Gasteiger partial charge >= 0.3 is 5.97 Å². The lowest BCUT2D eigenvalue weighted by Gasteiger charge is -2.12. The number of para-hydroxylation sites is 1. The molecule has 0 saturated carbocycles. The van der Waals surface area contributed by atoms with E-state index in [9.17, 15) is 9.59 Å². The van der Waals surface area contributed by atoms with E-state index in [4.69, 9.17) is 5.11 Å². The van der Waals surface area contributed by atoms with E-state index in [0.717, 1.165) is 9.99 Å². The standard InChI is InChI=1S/C12H10BrNO3/c1-14-7(6-11(16)17)5-10(15)8-3-2-4-9(13)12(8)14/h2-5H,6H2,1H3,(H,16,17). The van der Waals surface area contributed by atoms with Crippen molar-refractivity contribution in [3.63, 3.8) is 0 Å². The maximum absolute atomic E-state index is 11.9. The molecule has 0 saturated heterocycles. The molecule has 0 bridgehead atoms. The van der Waals surface area contributed by atoms with E-state index in [0.29, 0.717) is 11.1 Å². The average molecular weight is 296 g/mol. The number of carboxylic acids is 1. The molecule has 0 aliphatic rings. The van der Waals surface area contributed by atoms with E-state index in [2.05, 4.69) is 15.9 Å². The number of carboxylic acid groups (broad SMARTS) is 1. The Morgan fingerprint density at radius 1 is 1.47 bits per heavy atom. The second-order valence-electron chi connectivity index (χ2n) is 3.77. The monoisotopic (exact) mass is 295 g/mol. The zero-order valence-corrected chi connectivity index (χ0v) is 10.7. The number of hydrogen-bond acceptors (Lipinski definition) is 2. The Hall–Kier alpha value is -1.62. The molecule has 0 unspecified atom stereocenters. The summed E-state index contributed by atoms with van der Waals surface area (Å²) < 4.78 is 2.51. The molecular formula is C12H10BrNO3. The van der Waals surface area contributed by atoms with Crippen LogP contribution in [0.2, 0.25) is 0 Å². The van der Waals surface area contributed by atoms with E-state index in [1.807, 2.05) is 6.07 Å². The topological polar surface area (TPSA) is 59.3 Å². The van der Waals surface area contributed by atoms with Crippen LogP contribution in [0.25, 0.3) is 10.9 Å². The summed E-state index contributed by atoms with van der Waals surface area (Å²) in [5, 5.41) is 9.38. The van der Waals surface area contributed by atoms with Crippen LogP contribution in [0.5, 0.6) is 0 Å². The van der Waals surface area contributed by atoms with Crippen LogP contribution in [0.3, 0.4) is 0 Å². The lowest BCUT2D eigenvalue weighted by atomic mass is 10.1. The second kappa shape index (κ2) is 4.33. The number of carbonyl (C=O) groups is 1. The summed E-state index contributed by atoms with van der Waals surface area (Å²) in [4.78, 5) is 22.6. The molecule has 0 atom stereocenters. The van der Waals surface area contributed by atoms with Crippen LogP contribution in [-0.4, -0.2) is 15.6 Å². The molecule has 1 N–H and O–H groups in total. The first-order chi connectivity index (χ1) is 8.00. The number of rotatable bonds is 2. The summed E-state index contributed by atoms with van der Waals surface area (Å²) in [5.74, 6) is -0.952. The van der Waals surface area contributed by atoms with Crippen molar-refractivity contribution in [1.82, 2.24) is 4.57 Å². The first kappa shape index (κ1) is 11.9. The van der Waals surface area contributed by atoms with Gasteiger partial charge in [0, 0.05) is 28.7 Å². The van der Waals surface area contributed by atoms with Crippen molar-refractivity contribution in [3.05, 3.63) is 44.7 Å². The zero-order chi connectivity index (χ0) is 12.6. The highest BCUT2D eigenvalue weighted by molar-refractivity contribution is 9.10. The molecular weight excluding hydrogens is 286 g/mol. The van der Waals surface area contributed by atoms with Gasteiger partial charge in [-0.3, -0.25) is 9.59 Å². The third kappa shape index (κ3) is 2.10. The van der Waals surface area contributed by atoms with E-state index >= 15 is 0 Å². The Kier molecular flexibility index (Phi) is 3.02. The maximum atomic E-state index is 11.9. The van der Waals surface area contributed by atoms with Crippen molar-refractivity contribution in [2.45, 2.75) is 6.42 Å². The minimum atomic E-state index is -0.952. The fourth-order valence-corrected chi connectivity index (χ4v) is 2.48. The summed E-state index contributed by atoms with van der Waals surface area (Å²) in [7, 11) is 1.75. The fourth-order valence-electron chi connectivity index (χ4n) is 1.85. The van der Waals surface area contributed by atoms with Crippen LogP contribution in [0.1, 0.15) is 5.69 Å². The van der Waals surface area contributed by atoms with Crippen molar-refractivity contribution >= 4 is 32.8 Å². The van der Waals surface area contributed by atoms with Crippen LogP contribution in [0.15, 0.2) is 33.5 Å². The molecule has 5 heteroatoms. The highest BCUT2D eigenvalue weighted by Crippen LogP contribution is 2.22. The van der Waals surface area contributed by atoms with Gasteiger partial charge in [-0.25, -0.2) is 0 Å². The van der Waals surface area contributed by atoms with E-state index in [-0.39, 0.29) is 11.8 Å². The Morgan fingerprint density at radius 3 is 2.82 bits per heavy atom. The quantitative estimate of drug-likeness (QED) is 0.921. The Bertz CT molecular complexity index is 661. The summed E-state index contributed by atoms with van der Waals surface area (Å²) in [6.07, 6.45) is -0.164. The third-order valence-electron chi connectivity index (χ3n) is 2.65.